The maximum Gasteiger partial charge on any atom is 0.262 e. The van der Waals surface area contributed by atoms with Crippen molar-refractivity contribution in [2.45, 2.75) is 57.8 Å². The Morgan fingerprint density at radius 1 is 1.16 bits per heavy atom. The van der Waals surface area contributed by atoms with Gasteiger partial charge < -0.3 is 10.0 Å². The summed E-state index contributed by atoms with van der Waals surface area (Å²) in [5.41, 5.74) is 3.36. The number of hydrogen-bond acceptors (Lipinski definition) is 4. The molecule has 1 aliphatic heterocycles. The lowest BCUT2D eigenvalue weighted by Gasteiger charge is -2.32. The van der Waals surface area contributed by atoms with E-state index in [-0.39, 0.29) is 28.7 Å². The number of nitrogens with one attached hydrogen (secondary N) is 1. The zero-order valence-electron chi connectivity index (χ0n) is 19.6. The SMILES string of the molecule is Cc1cc(C(C)(C)C)cc(S(=O)(=O)Nc2ccc(C(=O)N3CCCC(CO)C3)cc2)c1C. The first kappa shape index (κ1) is 24.3. The molecule has 1 fully saturated rings. The maximum absolute atomic E-state index is 13.2. The van der Waals surface area contributed by atoms with Crippen molar-refractivity contribution in [3.63, 3.8) is 0 Å². The van der Waals surface area contributed by atoms with Crippen molar-refractivity contribution in [1.82, 2.24) is 4.90 Å². The van der Waals surface area contributed by atoms with Crippen LogP contribution in [0.2, 0.25) is 0 Å². The summed E-state index contributed by atoms with van der Waals surface area (Å²) in [7, 11) is -3.79. The van der Waals surface area contributed by atoms with Crippen molar-refractivity contribution in [2.24, 2.45) is 5.92 Å². The van der Waals surface area contributed by atoms with E-state index in [4.69, 9.17) is 0 Å². The lowest BCUT2D eigenvalue weighted by Crippen LogP contribution is -2.40. The number of rotatable bonds is 5. The van der Waals surface area contributed by atoms with Crippen LogP contribution in [0.25, 0.3) is 0 Å². The lowest BCUT2D eigenvalue weighted by atomic mass is 9.85. The number of aliphatic hydroxyl groups excluding tert-OH is 1. The average Bonchev–Trinajstić information content (AvgIpc) is 2.74. The van der Waals surface area contributed by atoms with Crippen LogP contribution >= 0.6 is 0 Å². The van der Waals surface area contributed by atoms with Gasteiger partial charge in [0.2, 0.25) is 0 Å². The van der Waals surface area contributed by atoms with Gasteiger partial charge in [0.05, 0.1) is 4.90 Å². The minimum absolute atomic E-state index is 0.0831. The van der Waals surface area contributed by atoms with Crippen LogP contribution in [0.5, 0.6) is 0 Å². The summed E-state index contributed by atoms with van der Waals surface area (Å²) in [6.45, 7) is 11.2. The molecule has 1 aliphatic rings. The van der Waals surface area contributed by atoms with E-state index >= 15 is 0 Å². The van der Waals surface area contributed by atoms with Gasteiger partial charge in [-0.15, -0.1) is 0 Å². The molecule has 1 heterocycles. The Labute approximate surface area is 191 Å². The molecule has 2 aromatic rings. The quantitative estimate of drug-likeness (QED) is 0.701. The second kappa shape index (κ2) is 9.24. The zero-order chi connectivity index (χ0) is 23.7. The molecule has 0 radical (unpaired) electrons. The summed E-state index contributed by atoms with van der Waals surface area (Å²) in [6, 6.07) is 10.3. The number of carbonyl (C=O) groups excluding carboxylic acids is 1. The topological polar surface area (TPSA) is 86.7 Å². The minimum Gasteiger partial charge on any atom is -0.396 e. The Kier molecular flexibility index (Phi) is 7.00. The van der Waals surface area contributed by atoms with Crippen molar-refractivity contribution in [1.29, 1.82) is 0 Å². The maximum atomic E-state index is 13.2. The Morgan fingerprint density at radius 3 is 2.41 bits per heavy atom. The van der Waals surface area contributed by atoms with Crippen molar-refractivity contribution in [3.05, 3.63) is 58.7 Å². The molecule has 2 N–H and O–H groups in total. The van der Waals surface area contributed by atoms with E-state index in [9.17, 15) is 18.3 Å². The molecule has 1 saturated heterocycles. The first-order valence-corrected chi connectivity index (χ1v) is 12.6. The molecule has 1 amide bonds. The van der Waals surface area contributed by atoms with Crippen LogP contribution in [-0.2, 0) is 15.4 Å². The predicted octanol–water partition coefficient (Wildman–Crippen LogP) is 4.25. The summed E-state index contributed by atoms with van der Waals surface area (Å²) in [5, 5.41) is 9.39. The number of aliphatic hydroxyl groups is 1. The molecule has 2 aromatic carbocycles. The molecule has 0 aromatic heterocycles. The Morgan fingerprint density at radius 2 is 1.81 bits per heavy atom. The standard InChI is InChI=1S/C25H34N2O4S/c1-17-13-21(25(3,4)5)14-23(18(17)2)32(30,31)26-22-10-8-20(9-11-22)24(29)27-12-6-7-19(15-27)16-28/h8-11,13-14,19,26,28H,6-7,12,15-16H2,1-5H3. The summed E-state index contributed by atoms with van der Waals surface area (Å²) >= 11 is 0. The van der Waals surface area contributed by atoms with Crippen molar-refractivity contribution < 1.29 is 18.3 Å². The Bertz CT molecular complexity index is 1090. The highest BCUT2D eigenvalue weighted by Crippen LogP contribution is 2.30. The Hall–Kier alpha value is -2.38. The largest absolute Gasteiger partial charge is 0.396 e. The molecule has 32 heavy (non-hydrogen) atoms. The van der Waals surface area contributed by atoms with Crippen molar-refractivity contribution in [2.75, 3.05) is 24.4 Å². The molecular weight excluding hydrogens is 424 g/mol. The van der Waals surface area contributed by atoms with Crippen LogP contribution in [0.1, 0.15) is 60.7 Å². The van der Waals surface area contributed by atoms with Gasteiger partial charge in [0.25, 0.3) is 15.9 Å². The third-order valence-corrected chi connectivity index (χ3v) is 7.73. The molecule has 3 rings (SSSR count). The number of nitrogens with zero attached hydrogens (tertiary/aromatic N) is 1. The molecule has 7 heteroatoms. The first-order valence-electron chi connectivity index (χ1n) is 11.1. The van der Waals surface area contributed by atoms with Gasteiger partial charge in [-0.1, -0.05) is 26.8 Å². The molecule has 0 saturated carbocycles. The van der Waals surface area contributed by atoms with Crippen LogP contribution in [0.3, 0.4) is 0 Å². The van der Waals surface area contributed by atoms with Gasteiger partial charge in [0.15, 0.2) is 0 Å². The average molecular weight is 459 g/mol. The van der Waals surface area contributed by atoms with Crippen LogP contribution in [0, 0.1) is 19.8 Å². The third-order valence-electron chi connectivity index (χ3n) is 6.22. The molecule has 1 atom stereocenters. The molecule has 0 spiro atoms. The van der Waals surface area contributed by atoms with Gasteiger partial charge in [-0.25, -0.2) is 8.42 Å². The van der Waals surface area contributed by atoms with Gasteiger partial charge >= 0.3 is 0 Å². The molecule has 6 nitrogen and oxygen atoms in total. The molecule has 0 bridgehead atoms. The van der Waals surface area contributed by atoms with Gasteiger partial charge in [-0.3, -0.25) is 9.52 Å². The highest BCUT2D eigenvalue weighted by Gasteiger charge is 2.25. The Balaban J connectivity index is 1.81. The van der Waals surface area contributed by atoms with E-state index in [1.54, 1.807) is 35.2 Å². The van der Waals surface area contributed by atoms with Gasteiger partial charge in [-0.2, -0.15) is 0 Å². The van der Waals surface area contributed by atoms with E-state index in [0.29, 0.717) is 24.3 Å². The van der Waals surface area contributed by atoms with E-state index in [1.165, 1.54) is 0 Å². The number of amides is 1. The zero-order valence-corrected chi connectivity index (χ0v) is 20.4. The predicted molar refractivity (Wildman–Crippen MR) is 128 cm³/mol. The van der Waals surface area contributed by atoms with Crippen molar-refractivity contribution >= 4 is 21.6 Å². The van der Waals surface area contributed by atoms with Crippen LogP contribution in [0.15, 0.2) is 41.3 Å². The second-order valence-electron chi connectivity index (χ2n) is 9.79. The summed E-state index contributed by atoms with van der Waals surface area (Å²) in [5.74, 6) is 0.0243. The number of sulfonamides is 1. The number of likely N-dealkylation sites (tertiary alicyclic amines) is 1. The number of hydrogen-bond donors (Lipinski definition) is 2. The highest BCUT2D eigenvalue weighted by molar-refractivity contribution is 7.92. The molecule has 0 aliphatic carbocycles. The van der Waals surface area contributed by atoms with E-state index < -0.39 is 10.0 Å². The monoisotopic (exact) mass is 458 g/mol. The smallest absolute Gasteiger partial charge is 0.262 e. The number of benzene rings is 2. The van der Waals surface area contributed by atoms with Gasteiger partial charge in [-0.05, 0) is 85.0 Å². The summed E-state index contributed by atoms with van der Waals surface area (Å²) < 4.78 is 29.0. The first-order chi connectivity index (χ1) is 14.9. The van der Waals surface area contributed by atoms with Crippen LogP contribution in [-0.4, -0.2) is 44.0 Å². The minimum atomic E-state index is -3.79. The van der Waals surface area contributed by atoms with Crippen LogP contribution in [0.4, 0.5) is 5.69 Å². The third kappa shape index (κ3) is 5.33. The van der Waals surface area contributed by atoms with Crippen molar-refractivity contribution in [3.8, 4) is 0 Å². The second-order valence-corrected chi connectivity index (χ2v) is 11.4. The van der Waals surface area contributed by atoms with Crippen LogP contribution < -0.4 is 4.72 Å². The normalized spacial score (nSPS) is 17.3. The highest BCUT2D eigenvalue weighted by atomic mass is 32.2. The molecular formula is C25H34N2O4S. The van der Waals surface area contributed by atoms with E-state index in [2.05, 4.69) is 25.5 Å². The number of carbonyl (C=O) groups is 1. The lowest BCUT2D eigenvalue weighted by molar-refractivity contribution is 0.0620. The fraction of sp³-hybridized carbons (Fsp3) is 0.480. The summed E-state index contributed by atoms with van der Waals surface area (Å²) in [4.78, 5) is 14.8. The van der Waals surface area contributed by atoms with Gasteiger partial charge in [0, 0.05) is 30.9 Å². The number of aryl methyl sites for hydroxylation is 1. The molecule has 1 unspecified atom stereocenters. The fourth-order valence-electron chi connectivity index (χ4n) is 4.01. The fourth-order valence-corrected chi connectivity index (χ4v) is 5.41. The number of anilines is 1. The molecule has 174 valence electrons. The number of piperidine rings is 1. The summed E-state index contributed by atoms with van der Waals surface area (Å²) in [6.07, 6.45) is 1.80. The van der Waals surface area contributed by atoms with E-state index in [0.717, 1.165) is 29.5 Å². The van der Waals surface area contributed by atoms with Gasteiger partial charge in [0.1, 0.15) is 0 Å². The van der Waals surface area contributed by atoms with E-state index in [1.807, 2.05) is 19.9 Å².